The second kappa shape index (κ2) is 5.01. The van der Waals surface area contributed by atoms with Crippen LogP contribution in [0.15, 0.2) is 30.3 Å². The molecule has 0 amide bonds. The zero-order chi connectivity index (χ0) is 12.3. The standard InChI is InChI=1S/C15H20O2/c1-15(2)11-13(16)10-14(17-15)9-8-12-6-4-3-5-7-12/h3-7,14H,8-11H2,1-2H3. The van der Waals surface area contributed by atoms with E-state index in [-0.39, 0.29) is 11.7 Å². The Morgan fingerprint density at radius 1 is 1.29 bits per heavy atom. The first-order chi connectivity index (χ1) is 8.05. The van der Waals surface area contributed by atoms with Gasteiger partial charge in [-0.15, -0.1) is 0 Å². The number of hydrogen-bond donors (Lipinski definition) is 0. The molecule has 1 unspecified atom stereocenters. The number of rotatable bonds is 3. The Morgan fingerprint density at radius 2 is 2.00 bits per heavy atom. The summed E-state index contributed by atoms with van der Waals surface area (Å²) in [4.78, 5) is 11.6. The van der Waals surface area contributed by atoms with E-state index in [0.29, 0.717) is 18.6 Å². The van der Waals surface area contributed by atoms with E-state index in [4.69, 9.17) is 4.74 Å². The van der Waals surface area contributed by atoms with E-state index in [2.05, 4.69) is 12.1 Å². The van der Waals surface area contributed by atoms with Crippen molar-refractivity contribution in [1.82, 2.24) is 0 Å². The molecule has 0 aromatic heterocycles. The van der Waals surface area contributed by atoms with E-state index in [1.165, 1.54) is 5.56 Å². The van der Waals surface area contributed by atoms with Crippen molar-refractivity contribution in [3.8, 4) is 0 Å². The molecule has 1 aromatic rings. The summed E-state index contributed by atoms with van der Waals surface area (Å²) in [6, 6.07) is 10.4. The van der Waals surface area contributed by atoms with Gasteiger partial charge in [0.1, 0.15) is 5.78 Å². The summed E-state index contributed by atoms with van der Waals surface area (Å²) < 4.78 is 5.95. The third kappa shape index (κ3) is 3.67. The molecular weight excluding hydrogens is 212 g/mol. The average Bonchev–Trinajstić information content (AvgIpc) is 2.25. The number of ketones is 1. The summed E-state index contributed by atoms with van der Waals surface area (Å²) in [7, 11) is 0. The highest BCUT2D eigenvalue weighted by atomic mass is 16.5. The summed E-state index contributed by atoms with van der Waals surface area (Å²) >= 11 is 0. The van der Waals surface area contributed by atoms with Crippen LogP contribution >= 0.6 is 0 Å². The number of Topliss-reactive ketones (excluding diaryl/α,β-unsaturated/α-hetero) is 1. The van der Waals surface area contributed by atoms with Gasteiger partial charge in [0.25, 0.3) is 0 Å². The number of carbonyl (C=O) groups excluding carboxylic acids is 1. The Kier molecular flexibility index (Phi) is 3.63. The van der Waals surface area contributed by atoms with Gasteiger partial charge in [-0.05, 0) is 32.3 Å². The van der Waals surface area contributed by atoms with Crippen molar-refractivity contribution in [2.45, 2.75) is 51.2 Å². The van der Waals surface area contributed by atoms with Crippen molar-refractivity contribution >= 4 is 5.78 Å². The molecule has 92 valence electrons. The largest absolute Gasteiger partial charge is 0.371 e. The Bertz CT molecular complexity index is 381. The quantitative estimate of drug-likeness (QED) is 0.800. The van der Waals surface area contributed by atoms with Gasteiger partial charge in [0.05, 0.1) is 11.7 Å². The van der Waals surface area contributed by atoms with E-state index in [9.17, 15) is 4.79 Å². The molecule has 2 heteroatoms. The molecule has 1 fully saturated rings. The number of carbonyl (C=O) groups is 1. The monoisotopic (exact) mass is 232 g/mol. The lowest BCUT2D eigenvalue weighted by atomic mass is 9.91. The molecule has 1 saturated heterocycles. The third-order valence-electron chi connectivity index (χ3n) is 3.16. The van der Waals surface area contributed by atoms with Gasteiger partial charge in [-0.25, -0.2) is 0 Å². The topological polar surface area (TPSA) is 26.3 Å². The molecule has 0 spiro atoms. The minimum absolute atomic E-state index is 0.0893. The lowest BCUT2D eigenvalue weighted by molar-refractivity contribution is -0.148. The Balaban J connectivity index is 1.89. The van der Waals surface area contributed by atoms with Gasteiger partial charge in [0.15, 0.2) is 0 Å². The van der Waals surface area contributed by atoms with Crippen molar-refractivity contribution in [1.29, 1.82) is 0 Å². The average molecular weight is 232 g/mol. The summed E-state index contributed by atoms with van der Waals surface area (Å²) in [6.45, 7) is 4.00. The fourth-order valence-electron chi connectivity index (χ4n) is 2.47. The van der Waals surface area contributed by atoms with Crippen LogP contribution in [0, 0.1) is 0 Å². The third-order valence-corrected chi connectivity index (χ3v) is 3.16. The molecular formula is C15H20O2. The van der Waals surface area contributed by atoms with Gasteiger partial charge in [0, 0.05) is 12.8 Å². The van der Waals surface area contributed by atoms with E-state index in [1.807, 2.05) is 32.0 Å². The minimum atomic E-state index is -0.281. The summed E-state index contributed by atoms with van der Waals surface area (Å²) in [5.74, 6) is 0.333. The number of hydrogen-bond acceptors (Lipinski definition) is 2. The highest BCUT2D eigenvalue weighted by Gasteiger charge is 2.33. The molecule has 1 atom stereocenters. The lowest BCUT2D eigenvalue weighted by Crippen LogP contribution is -2.40. The maximum Gasteiger partial charge on any atom is 0.138 e. The second-order valence-electron chi connectivity index (χ2n) is 5.44. The first kappa shape index (κ1) is 12.3. The van der Waals surface area contributed by atoms with Crippen LogP contribution in [0.5, 0.6) is 0 Å². The molecule has 1 aliphatic rings. The van der Waals surface area contributed by atoms with E-state index in [0.717, 1.165) is 12.8 Å². The minimum Gasteiger partial charge on any atom is -0.371 e. The molecule has 1 heterocycles. The Hall–Kier alpha value is -1.15. The molecule has 2 nitrogen and oxygen atoms in total. The van der Waals surface area contributed by atoms with Crippen LogP contribution in [-0.4, -0.2) is 17.5 Å². The van der Waals surface area contributed by atoms with Crippen LogP contribution in [0.2, 0.25) is 0 Å². The van der Waals surface area contributed by atoms with Gasteiger partial charge in [0.2, 0.25) is 0 Å². The molecule has 0 N–H and O–H groups in total. The summed E-state index contributed by atoms with van der Waals surface area (Å²) in [5, 5.41) is 0. The second-order valence-corrected chi connectivity index (χ2v) is 5.44. The Morgan fingerprint density at radius 3 is 2.65 bits per heavy atom. The van der Waals surface area contributed by atoms with Gasteiger partial charge in [-0.2, -0.15) is 0 Å². The van der Waals surface area contributed by atoms with Gasteiger partial charge >= 0.3 is 0 Å². The SMILES string of the molecule is CC1(C)CC(=O)CC(CCc2ccccc2)O1. The Labute approximate surface area is 103 Å². The fraction of sp³-hybridized carbons (Fsp3) is 0.533. The number of ether oxygens (including phenoxy) is 1. The molecule has 1 aliphatic heterocycles. The summed E-state index contributed by atoms with van der Waals surface area (Å²) in [6.07, 6.45) is 3.13. The van der Waals surface area contributed by atoms with Gasteiger partial charge in [-0.1, -0.05) is 30.3 Å². The molecule has 0 radical (unpaired) electrons. The smallest absolute Gasteiger partial charge is 0.138 e. The highest BCUT2D eigenvalue weighted by molar-refractivity contribution is 5.80. The van der Waals surface area contributed by atoms with Crippen molar-refractivity contribution in [2.24, 2.45) is 0 Å². The van der Waals surface area contributed by atoms with E-state index >= 15 is 0 Å². The van der Waals surface area contributed by atoms with E-state index < -0.39 is 0 Å². The van der Waals surface area contributed by atoms with Crippen molar-refractivity contribution in [3.05, 3.63) is 35.9 Å². The molecule has 1 aromatic carbocycles. The predicted molar refractivity (Wildman–Crippen MR) is 68.0 cm³/mol. The number of aryl methyl sites for hydroxylation is 1. The van der Waals surface area contributed by atoms with Crippen molar-refractivity contribution in [3.63, 3.8) is 0 Å². The molecule has 2 rings (SSSR count). The fourth-order valence-corrected chi connectivity index (χ4v) is 2.47. The van der Waals surface area contributed by atoms with E-state index in [1.54, 1.807) is 0 Å². The van der Waals surface area contributed by atoms with Crippen molar-refractivity contribution in [2.75, 3.05) is 0 Å². The molecule has 17 heavy (non-hydrogen) atoms. The zero-order valence-corrected chi connectivity index (χ0v) is 10.6. The summed E-state index contributed by atoms with van der Waals surface area (Å²) in [5.41, 5.74) is 1.03. The lowest BCUT2D eigenvalue weighted by Gasteiger charge is -2.35. The highest BCUT2D eigenvalue weighted by Crippen LogP contribution is 2.27. The van der Waals surface area contributed by atoms with Crippen LogP contribution in [0.4, 0.5) is 0 Å². The van der Waals surface area contributed by atoms with Crippen LogP contribution in [0.1, 0.15) is 38.7 Å². The maximum atomic E-state index is 11.6. The van der Waals surface area contributed by atoms with Crippen LogP contribution < -0.4 is 0 Å². The van der Waals surface area contributed by atoms with Crippen LogP contribution in [-0.2, 0) is 16.0 Å². The molecule has 0 saturated carbocycles. The van der Waals surface area contributed by atoms with Crippen LogP contribution in [0.3, 0.4) is 0 Å². The maximum absolute atomic E-state index is 11.6. The zero-order valence-electron chi connectivity index (χ0n) is 10.6. The van der Waals surface area contributed by atoms with Crippen molar-refractivity contribution < 1.29 is 9.53 Å². The first-order valence-corrected chi connectivity index (χ1v) is 6.29. The normalized spacial score (nSPS) is 23.6. The molecule has 0 bridgehead atoms. The van der Waals surface area contributed by atoms with Crippen LogP contribution in [0.25, 0.3) is 0 Å². The number of benzene rings is 1. The van der Waals surface area contributed by atoms with Gasteiger partial charge in [-0.3, -0.25) is 4.79 Å². The predicted octanol–water partition coefficient (Wildman–Crippen LogP) is 3.15. The first-order valence-electron chi connectivity index (χ1n) is 6.29. The van der Waals surface area contributed by atoms with Gasteiger partial charge < -0.3 is 4.74 Å². The molecule has 0 aliphatic carbocycles.